The van der Waals surface area contributed by atoms with Crippen molar-refractivity contribution in [2.45, 2.75) is 54.1 Å². The molecule has 0 radical (unpaired) electrons. The zero-order valence-corrected chi connectivity index (χ0v) is 18.5. The van der Waals surface area contributed by atoms with Gasteiger partial charge in [0.1, 0.15) is 6.10 Å². The number of ether oxygens (including phenoxy) is 6. The van der Waals surface area contributed by atoms with E-state index < -0.39 is 12.1 Å². The number of hydrogen-bond acceptors (Lipinski definition) is 7. The predicted molar refractivity (Wildman–Crippen MR) is 112 cm³/mol. The molecular formula is C22H34O7. The van der Waals surface area contributed by atoms with Crippen LogP contribution in [0.3, 0.4) is 0 Å². The van der Waals surface area contributed by atoms with Crippen molar-refractivity contribution in [2.75, 3.05) is 33.0 Å². The van der Waals surface area contributed by atoms with Gasteiger partial charge in [0, 0.05) is 6.08 Å². The van der Waals surface area contributed by atoms with E-state index in [4.69, 9.17) is 28.4 Å². The van der Waals surface area contributed by atoms with E-state index >= 15 is 0 Å². The highest BCUT2D eigenvalue weighted by atomic mass is 16.6. The number of benzene rings is 1. The van der Waals surface area contributed by atoms with Crippen molar-refractivity contribution in [2.24, 2.45) is 0 Å². The fraction of sp³-hybridized carbons (Fsp3) is 0.591. The maximum absolute atomic E-state index is 12.0. The Bertz CT molecular complexity index is 633. The quantitative estimate of drug-likeness (QED) is 0.320. The largest absolute Gasteiger partial charge is 0.489 e. The zero-order chi connectivity index (χ0) is 21.8. The average Bonchev–Trinajstić information content (AvgIpc) is 2.72. The van der Waals surface area contributed by atoms with E-state index in [0.717, 1.165) is 6.08 Å². The molecule has 0 amide bonds. The Balaban J connectivity index is 3.95. The Labute approximate surface area is 173 Å². The van der Waals surface area contributed by atoms with Gasteiger partial charge < -0.3 is 28.4 Å². The molecule has 164 valence electrons. The number of carbonyl (C=O) groups excluding carboxylic acids is 1. The lowest BCUT2D eigenvalue weighted by Crippen LogP contribution is -2.15. The highest BCUT2D eigenvalue weighted by molar-refractivity contribution is 5.82. The molecular weight excluding hydrogens is 376 g/mol. The minimum absolute atomic E-state index is 0.379. The first-order valence-electron chi connectivity index (χ1n) is 10.2. The summed E-state index contributed by atoms with van der Waals surface area (Å²) in [5.41, 5.74) is 0.557. The molecule has 1 aromatic rings. The summed E-state index contributed by atoms with van der Waals surface area (Å²) in [4.78, 5) is 12.0. The van der Waals surface area contributed by atoms with Crippen molar-refractivity contribution in [1.29, 1.82) is 0 Å². The molecule has 0 aliphatic carbocycles. The Morgan fingerprint density at radius 3 is 1.38 bits per heavy atom. The van der Waals surface area contributed by atoms with Gasteiger partial charge in [-0.25, -0.2) is 4.79 Å². The van der Waals surface area contributed by atoms with Crippen LogP contribution < -0.4 is 23.7 Å². The molecule has 0 fully saturated rings. The second-order valence-electron chi connectivity index (χ2n) is 5.76. The highest BCUT2D eigenvalue weighted by Crippen LogP contribution is 2.56. The van der Waals surface area contributed by atoms with Crippen LogP contribution >= 0.6 is 0 Å². The molecule has 0 spiro atoms. The summed E-state index contributed by atoms with van der Waals surface area (Å²) >= 11 is 0. The van der Waals surface area contributed by atoms with Crippen LogP contribution in [0.25, 0.3) is 0 Å². The fourth-order valence-electron chi connectivity index (χ4n) is 2.89. The summed E-state index contributed by atoms with van der Waals surface area (Å²) in [6.07, 6.45) is 0.980. The second kappa shape index (κ2) is 12.8. The van der Waals surface area contributed by atoms with Crippen molar-refractivity contribution in [3.8, 4) is 28.7 Å². The van der Waals surface area contributed by atoms with Gasteiger partial charge in [-0.05, 0) is 41.0 Å². The lowest BCUT2D eigenvalue weighted by Gasteiger charge is -2.27. The van der Waals surface area contributed by atoms with Crippen LogP contribution in [-0.4, -0.2) is 39.0 Å². The normalized spacial score (nSPS) is 11.4. The van der Waals surface area contributed by atoms with Crippen LogP contribution in [0, 0.1) is 0 Å². The molecule has 0 saturated heterocycles. The van der Waals surface area contributed by atoms with E-state index in [1.807, 2.05) is 41.5 Å². The third-order valence-electron chi connectivity index (χ3n) is 3.88. The van der Waals surface area contributed by atoms with Gasteiger partial charge in [-0.3, -0.25) is 0 Å². The van der Waals surface area contributed by atoms with Crippen molar-refractivity contribution in [1.82, 2.24) is 0 Å². The molecule has 0 heterocycles. The maximum atomic E-state index is 12.0. The van der Waals surface area contributed by atoms with Crippen molar-refractivity contribution >= 4 is 5.97 Å². The molecule has 0 aromatic heterocycles. The Hall–Kier alpha value is -2.57. The van der Waals surface area contributed by atoms with Gasteiger partial charge >= 0.3 is 5.97 Å². The number of carbonyl (C=O) groups is 1. The first kappa shape index (κ1) is 24.5. The molecule has 7 nitrogen and oxygen atoms in total. The molecule has 1 rings (SSSR count). The van der Waals surface area contributed by atoms with Gasteiger partial charge in [-0.15, -0.1) is 0 Å². The summed E-state index contributed by atoms with van der Waals surface area (Å²) in [6, 6.07) is 0. The first-order valence-corrected chi connectivity index (χ1v) is 10.2. The van der Waals surface area contributed by atoms with E-state index in [2.05, 4.69) is 6.58 Å². The standard InChI is InChI=1S/C22H34O7/c1-8-15(29-16(23)9-2)17-18(24-10-3)20(26-12-5)22(28-14-7)21(27-13-6)19(17)25-11-4/h9,15H,2,8,10-14H2,1,3-7H3. The second-order valence-corrected chi connectivity index (χ2v) is 5.76. The number of rotatable bonds is 14. The third-order valence-corrected chi connectivity index (χ3v) is 3.88. The van der Waals surface area contributed by atoms with Gasteiger partial charge in [-0.1, -0.05) is 13.5 Å². The average molecular weight is 411 g/mol. The van der Waals surface area contributed by atoms with Crippen LogP contribution in [0.5, 0.6) is 28.7 Å². The molecule has 29 heavy (non-hydrogen) atoms. The Morgan fingerprint density at radius 2 is 1.07 bits per heavy atom. The Kier molecular flexibility index (Phi) is 10.8. The lowest BCUT2D eigenvalue weighted by atomic mass is 10.0. The molecule has 7 heteroatoms. The molecule has 1 aromatic carbocycles. The van der Waals surface area contributed by atoms with Crippen molar-refractivity contribution in [3.05, 3.63) is 18.2 Å². The summed E-state index contributed by atoms with van der Waals surface area (Å²) in [7, 11) is 0. The number of hydrogen-bond donors (Lipinski definition) is 0. The summed E-state index contributed by atoms with van der Waals surface area (Å²) in [5.74, 6) is 1.54. The topological polar surface area (TPSA) is 72.5 Å². The van der Waals surface area contributed by atoms with Gasteiger partial charge in [-0.2, -0.15) is 0 Å². The van der Waals surface area contributed by atoms with Gasteiger partial charge in [0.25, 0.3) is 0 Å². The lowest BCUT2D eigenvalue weighted by molar-refractivity contribution is -0.143. The summed E-state index contributed by atoms with van der Waals surface area (Å²) in [5, 5.41) is 0. The molecule has 1 unspecified atom stereocenters. The molecule has 0 saturated carbocycles. The van der Waals surface area contributed by atoms with Gasteiger partial charge in [0.15, 0.2) is 11.5 Å². The SMILES string of the molecule is C=CC(=O)OC(CC)c1c(OCC)c(OCC)c(OCC)c(OCC)c1OCC. The fourth-order valence-corrected chi connectivity index (χ4v) is 2.89. The van der Waals surface area contributed by atoms with Crippen molar-refractivity contribution < 1.29 is 33.2 Å². The smallest absolute Gasteiger partial charge is 0.330 e. The monoisotopic (exact) mass is 410 g/mol. The van der Waals surface area contributed by atoms with Crippen LogP contribution in [0.15, 0.2) is 12.7 Å². The molecule has 0 N–H and O–H groups in total. The van der Waals surface area contributed by atoms with E-state index in [9.17, 15) is 4.79 Å². The van der Waals surface area contributed by atoms with Crippen LogP contribution in [0.2, 0.25) is 0 Å². The molecule has 1 atom stereocenters. The van der Waals surface area contributed by atoms with Crippen LogP contribution in [0.4, 0.5) is 0 Å². The maximum Gasteiger partial charge on any atom is 0.330 e. The highest BCUT2D eigenvalue weighted by Gasteiger charge is 2.34. The van der Waals surface area contributed by atoms with Gasteiger partial charge in [0.05, 0.1) is 38.6 Å². The minimum Gasteiger partial charge on any atom is -0.489 e. The van der Waals surface area contributed by atoms with E-state index in [1.54, 1.807) is 0 Å². The zero-order valence-electron chi connectivity index (χ0n) is 18.5. The molecule has 0 bridgehead atoms. The summed E-state index contributed by atoms with van der Waals surface area (Å²) in [6.45, 7) is 16.7. The minimum atomic E-state index is -0.641. The first-order chi connectivity index (χ1) is 14.0. The van der Waals surface area contributed by atoms with Gasteiger partial charge in [0.2, 0.25) is 17.2 Å². The van der Waals surface area contributed by atoms with Crippen LogP contribution in [0.1, 0.15) is 59.6 Å². The van der Waals surface area contributed by atoms with Crippen LogP contribution in [-0.2, 0) is 9.53 Å². The van der Waals surface area contributed by atoms with E-state index in [1.165, 1.54) is 0 Å². The molecule has 0 aliphatic rings. The van der Waals surface area contributed by atoms with E-state index in [-0.39, 0.29) is 0 Å². The van der Waals surface area contributed by atoms with E-state index in [0.29, 0.717) is 73.8 Å². The summed E-state index contributed by atoms with van der Waals surface area (Å²) < 4.78 is 35.3. The Morgan fingerprint density at radius 1 is 0.724 bits per heavy atom. The molecule has 0 aliphatic heterocycles. The predicted octanol–water partition coefficient (Wildman–Crippen LogP) is 4.86. The van der Waals surface area contributed by atoms with Crippen molar-refractivity contribution in [3.63, 3.8) is 0 Å². The third kappa shape index (κ3) is 5.95. The number of esters is 1.